The second-order valence-corrected chi connectivity index (χ2v) is 4.57. The maximum atomic E-state index is 8.36. The van der Waals surface area contributed by atoms with Gasteiger partial charge in [0.2, 0.25) is 0 Å². The van der Waals surface area contributed by atoms with E-state index in [0.717, 1.165) is 0 Å². The van der Waals surface area contributed by atoms with Crippen molar-refractivity contribution < 1.29 is 48.8 Å². The molecule has 0 rings (SSSR count). The summed E-state index contributed by atoms with van der Waals surface area (Å²) in [6.45, 7) is 5.53. The zero-order valence-electron chi connectivity index (χ0n) is 15.6. The van der Waals surface area contributed by atoms with Gasteiger partial charge in [-0.25, -0.2) is 0 Å². The molecule has 160 valence electrons. The van der Waals surface area contributed by atoms with Crippen LogP contribution in [0, 0.1) is 0 Å². The van der Waals surface area contributed by atoms with Crippen molar-refractivity contribution in [3.8, 4) is 0 Å². The van der Waals surface area contributed by atoms with Crippen molar-refractivity contribution >= 4 is 0 Å². The van der Waals surface area contributed by atoms with E-state index in [9.17, 15) is 0 Å². The van der Waals surface area contributed by atoms with Crippen LogP contribution in [0.2, 0.25) is 0 Å². The van der Waals surface area contributed by atoms with Gasteiger partial charge in [-0.3, -0.25) is 0 Å². The van der Waals surface area contributed by atoms with Gasteiger partial charge in [-0.05, 0) is 0 Å². The van der Waals surface area contributed by atoms with Crippen molar-refractivity contribution in [2.24, 2.45) is 0 Å². The molecule has 0 aromatic heterocycles. The molecule has 0 heterocycles. The molecule has 0 aromatic carbocycles. The Bertz CT molecular complexity index is 179. The van der Waals surface area contributed by atoms with Crippen molar-refractivity contribution in [1.29, 1.82) is 0 Å². The number of aliphatic hydroxyl groups is 4. The van der Waals surface area contributed by atoms with E-state index in [1.54, 1.807) is 0 Å². The number of aliphatic hydroxyl groups excluding tert-OH is 4. The van der Waals surface area contributed by atoms with Gasteiger partial charge in [-0.15, -0.1) is 0 Å². The Kier molecular flexibility index (Phi) is 31.4. The molecule has 0 radical (unpaired) electrons. The summed E-state index contributed by atoms with van der Waals surface area (Å²) in [5.74, 6) is 0. The van der Waals surface area contributed by atoms with Gasteiger partial charge >= 0.3 is 0 Å². The normalized spacial score (nSPS) is 10.6. The summed E-state index contributed by atoms with van der Waals surface area (Å²) in [4.78, 5) is 0. The molecule has 0 saturated carbocycles. The van der Waals surface area contributed by atoms with E-state index in [1.807, 2.05) is 0 Å². The third kappa shape index (κ3) is 31.4. The van der Waals surface area contributed by atoms with Gasteiger partial charge in [-0.1, -0.05) is 0 Å². The minimum Gasteiger partial charge on any atom is -0.394 e. The summed E-state index contributed by atoms with van der Waals surface area (Å²) in [6.07, 6.45) is 0. The van der Waals surface area contributed by atoms with Crippen molar-refractivity contribution in [1.82, 2.24) is 0 Å². The molecule has 0 saturated heterocycles. The van der Waals surface area contributed by atoms with Crippen molar-refractivity contribution in [2.45, 2.75) is 0 Å². The van der Waals surface area contributed by atoms with Gasteiger partial charge in [0.05, 0.1) is 106 Å². The SMILES string of the molecule is OCCOCCOCCOCCO.OCCOCCOCCOCCO. The second kappa shape index (κ2) is 29.4. The lowest BCUT2D eigenvalue weighted by molar-refractivity contribution is 0.00229. The molecule has 0 aliphatic heterocycles. The van der Waals surface area contributed by atoms with E-state index in [1.165, 1.54) is 0 Å². The quantitative estimate of drug-likeness (QED) is 0.174. The van der Waals surface area contributed by atoms with Crippen molar-refractivity contribution in [2.75, 3.05) is 106 Å². The van der Waals surface area contributed by atoms with Gasteiger partial charge in [0.15, 0.2) is 0 Å². The minimum absolute atomic E-state index is 0.0413. The lowest BCUT2D eigenvalue weighted by Gasteiger charge is -2.04. The third-order valence-corrected chi connectivity index (χ3v) is 2.43. The topological polar surface area (TPSA) is 136 Å². The van der Waals surface area contributed by atoms with Crippen LogP contribution in [-0.4, -0.2) is 126 Å². The van der Waals surface area contributed by atoms with E-state index in [4.69, 9.17) is 48.8 Å². The smallest absolute Gasteiger partial charge is 0.0701 e. The molecule has 0 fully saturated rings. The Morgan fingerprint density at radius 3 is 0.577 bits per heavy atom. The Morgan fingerprint density at radius 1 is 0.269 bits per heavy atom. The maximum Gasteiger partial charge on any atom is 0.0701 e. The number of ether oxygens (including phenoxy) is 6. The zero-order chi connectivity index (χ0) is 19.6. The highest BCUT2D eigenvalue weighted by Crippen LogP contribution is 1.81. The largest absolute Gasteiger partial charge is 0.394 e. The average Bonchev–Trinajstić information content (AvgIpc) is 2.66. The maximum absolute atomic E-state index is 8.36. The molecule has 0 aromatic rings. The van der Waals surface area contributed by atoms with Crippen molar-refractivity contribution in [3.63, 3.8) is 0 Å². The van der Waals surface area contributed by atoms with Crippen LogP contribution in [0.3, 0.4) is 0 Å². The first-order valence-corrected chi connectivity index (χ1v) is 8.73. The standard InChI is InChI=1S/2C8H18O5/c2*9-1-3-11-5-7-13-8-6-12-4-2-10/h2*9-10H,1-8H2. The molecular weight excluding hydrogens is 352 g/mol. The van der Waals surface area contributed by atoms with Gasteiger partial charge in [0, 0.05) is 0 Å². The van der Waals surface area contributed by atoms with Crippen LogP contribution in [0.4, 0.5) is 0 Å². The van der Waals surface area contributed by atoms with Gasteiger partial charge < -0.3 is 48.8 Å². The van der Waals surface area contributed by atoms with Gasteiger partial charge in [-0.2, -0.15) is 0 Å². The van der Waals surface area contributed by atoms with E-state index in [-0.39, 0.29) is 26.4 Å². The number of hydrogen-bond donors (Lipinski definition) is 4. The summed E-state index contributed by atoms with van der Waals surface area (Å²) in [5, 5.41) is 33.4. The minimum atomic E-state index is 0.0413. The summed E-state index contributed by atoms with van der Waals surface area (Å²) >= 11 is 0. The molecule has 0 bridgehead atoms. The van der Waals surface area contributed by atoms with Gasteiger partial charge in [0.1, 0.15) is 0 Å². The first-order chi connectivity index (χ1) is 12.8. The van der Waals surface area contributed by atoms with Gasteiger partial charge in [0.25, 0.3) is 0 Å². The first-order valence-electron chi connectivity index (χ1n) is 8.73. The van der Waals surface area contributed by atoms with Crippen LogP contribution in [0.1, 0.15) is 0 Å². The van der Waals surface area contributed by atoms with E-state index < -0.39 is 0 Å². The Morgan fingerprint density at radius 2 is 0.423 bits per heavy atom. The summed E-state index contributed by atoms with van der Waals surface area (Å²) in [5.41, 5.74) is 0. The van der Waals surface area contributed by atoms with Crippen LogP contribution in [0.5, 0.6) is 0 Å². The first kappa shape index (κ1) is 27.8. The molecule has 26 heavy (non-hydrogen) atoms. The average molecular weight is 388 g/mol. The predicted molar refractivity (Wildman–Crippen MR) is 93.3 cm³/mol. The Balaban J connectivity index is 0. The van der Waals surface area contributed by atoms with Crippen LogP contribution in [0.25, 0.3) is 0 Å². The molecule has 10 heteroatoms. The van der Waals surface area contributed by atoms with E-state index in [0.29, 0.717) is 79.3 Å². The molecular formula is C16H36O10. The fourth-order valence-electron chi connectivity index (χ4n) is 1.34. The molecule has 0 atom stereocenters. The molecule has 0 amide bonds. The highest BCUT2D eigenvalue weighted by molar-refractivity contribution is 4.34. The number of rotatable bonds is 20. The molecule has 4 N–H and O–H groups in total. The monoisotopic (exact) mass is 388 g/mol. The highest BCUT2D eigenvalue weighted by Gasteiger charge is 1.91. The van der Waals surface area contributed by atoms with Crippen LogP contribution in [0.15, 0.2) is 0 Å². The van der Waals surface area contributed by atoms with Crippen molar-refractivity contribution in [3.05, 3.63) is 0 Å². The molecule has 10 nitrogen and oxygen atoms in total. The lowest BCUT2D eigenvalue weighted by atomic mass is 10.7. The molecule has 0 aliphatic rings. The molecule has 0 aliphatic carbocycles. The van der Waals surface area contributed by atoms with Crippen LogP contribution >= 0.6 is 0 Å². The summed E-state index contributed by atoms with van der Waals surface area (Å²) in [6, 6.07) is 0. The second-order valence-electron chi connectivity index (χ2n) is 4.57. The third-order valence-electron chi connectivity index (χ3n) is 2.43. The fraction of sp³-hybridized carbons (Fsp3) is 1.00. The predicted octanol–water partition coefficient (Wildman–Crippen LogP) is -1.96. The molecule has 0 unspecified atom stereocenters. The highest BCUT2D eigenvalue weighted by atomic mass is 16.6. The Hall–Kier alpha value is -0.400. The fourth-order valence-corrected chi connectivity index (χ4v) is 1.34. The molecule has 0 spiro atoms. The van der Waals surface area contributed by atoms with E-state index in [2.05, 4.69) is 0 Å². The summed E-state index contributed by atoms with van der Waals surface area (Å²) in [7, 11) is 0. The van der Waals surface area contributed by atoms with Crippen LogP contribution < -0.4 is 0 Å². The van der Waals surface area contributed by atoms with Crippen LogP contribution in [-0.2, 0) is 28.4 Å². The lowest BCUT2D eigenvalue weighted by Crippen LogP contribution is -2.11. The Labute approximate surface area is 155 Å². The summed E-state index contributed by atoms with van der Waals surface area (Å²) < 4.78 is 30.0. The zero-order valence-corrected chi connectivity index (χ0v) is 15.6. The number of hydrogen-bond acceptors (Lipinski definition) is 10. The van der Waals surface area contributed by atoms with E-state index >= 15 is 0 Å².